The zero-order chi connectivity index (χ0) is 20.4. The summed E-state index contributed by atoms with van der Waals surface area (Å²) >= 11 is 7.41. The van der Waals surface area contributed by atoms with Crippen molar-refractivity contribution >= 4 is 44.4 Å². The number of nitro benzene ring substituents is 1. The third-order valence-corrected chi connectivity index (χ3v) is 5.89. The van der Waals surface area contributed by atoms with E-state index < -0.39 is 10.7 Å². The van der Waals surface area contributed by atoms with Crippen molar-refractivity contribution < 1.29 is 14.1 Å². The van der Waals surface area contributed by atoms with Crippen molar-refractivity contribution in [3.05, 3.63) is 87.7 Å². The van der Waals surface area contributed by atoms with E-state index in [1.807, 2.05) is 36.4 Å². The number of thiophene rings is 1. The van der Waals surface area contributed by atoms with Gasteiger partial charge in [-0.1, -0.05) is 30.4 Å². The number of pyridine rings is 1. The normalized spacial score (nSPS) is 15.9. The van der Waals surface area contributed by atoms with Crippen LogP contribution >= 0.6 is 22.9 Å². The van der Waals surface area contributed by atoms with E-state index >= 15 is 0 Å². The first kappa shape index (κ1) is 19.3. The highest BCUT2D eigenvalue weighted by atomic mass is 35.5. The number of aromatic nitrogens is 1. The number of hydrogen-bond donors (Lipinski definition) is 0. The summed E-state index contributed by atoms with van der Waals surface area (Å²) in [4.78, 5) is 15.5. The average molecular weight is 429 g/mol. The Morgan fingerprint density at radius 1 is 1.24 bits per heavy atom. The average Bonchev–Trinajstić information content (AvgIpc) is 3.00. The minimum Gasteiger partial charge on any atom is -0.453 e. The molecule has 0 saturated heterocycles. The maximum Gasteiger partial charge on any atom is 0.272 e. The molecule has 146 valence electrons. The number of nitrogens with zero attached hydrogens (tertiary/aromatic N) is 2. The van der Waals surface area contributed by atoms with Gasteiger partial charge in [0.15, 0.2) is 11.6 Å². The molecule has 5 nitrogen and oxygen atoms in total. The van der Waals surface area contributed by atoms with Crippen LogP contribution in [0.4, 0.5) is 10.1 Å². The minimum atomic E-state index is -0.799. The van der Waals surface area contributed by atoms with Gasteiger partial charge in [0.1, 0.15) is 5.75 Å². The molecule has 1 unspecified atom stereocenters. The van der Waals surface area contributed by atoms with E-state index in [-0.39, 0.29) is 17.4 Å². The van der Waals surface area contributed by atoms with E-state index in [9.17, 15) is 14.5 Å². The van der Waals surface area contributed by atoms with Gasteiger partial charge in [-0.15, -0.1) is 22.9 Å². The van der Waals surface area contributed by atoms with Gasteiger partial charge in [-0.2, -0.15) is 0 Å². The molecule has 0 fully saturated rings. The summed E-state index contributed by atoms with van der Waals surface area (Å²) in [6.45, 7) is 0. The molecule has 1 aliphatic rings. The molecular weight excluding hydrogens is 415 g/mol. The number of allylic oxidation sites excluding steroid dienone is 6. The van der Waals surface area contributed by atoms with Crippen LogP contribution in [0.5, 0.6) is 11.5 Å². The van der Waals surface area contributed by atoms with Crippen molar-refractivity contribution in [2.45, 2.75) is 0 Å². The molecule has 2 aromatic heterocycles. The SMILES string of the molecule is O=[N+]([O-])c1ccc(Oc2ccnc3cc(C4=CC=CC(CCl)C=C4)sc23)c(F)c1. The fraction of sp³-hybridized carbons (Fsp3) is 0.0952. The van der Waals surface area contributed by atoms with Gasteiger partial charge in [-0.3, -0.25) is 15.1 Å². The Kier molecular flexibility index (Phi) is 5.42. The molecule has 3 aromatic rings. The molecule has 8 heteroatoms. The number of hydrogen-bond acceptors (Lipinski definition) is 5. The van der Waals surface area contributed by atoms with Crippen molar-refractivity contribution in [2.75, 3.05) is 5.88 Å². The van der Waals surface area contributed by atoms with E-state index in [0.717, 1.165) is 26.7 Å². The Balaban J connectivity index is 1.68. The Morgan fingerprint density at radius 3 is 2.86 bits per heavy atom. The largest absolute Gasteiger partial charge is 0.453 e. The predicted octanol–water partition coefficient (Wildman–Crippen LogP) is 6.50. The maximum atomic E-state index is 14.2. The van der Waals surface area contributed by atoms with Crippen LogP contribution in [0.1, 0.15) is 4.88 Å². The first-order chi connectivity index (χ1) is 14.0. The van der Waals surface area contributed by atoms with E-state index in [0.29, 0.717) is 11.6 Å². The topological polar surface area (TPSA) is 65.3 Å². The predicted molar refractivity (Wildman–Crippen MR) is 113 cm³/mol. The van der Waals surface area contributed by atoms with Crippen molar-refractivity contribution in [3.8, 4) is 11.5 Å². The number of alkyl halides is 1. The molecule has 0 radical (unpaired) electrons. The van der Waals surface area contributed by atoms with Gasteiger partial charge in [0, 0.05) is 35.0 Å². The second kappa shape index (κ2) is 8.14. The number of nitro groups is 1. The minimum absolute atomic E-state index is 0.0838. The van der Waals surface area contributed by atoms with Gasteiger partial charge in [-0.25, -0.2) is 4.39 Å². The molecular formula is C21H14ClFN2O3S. The fourth-order valence-corrected chi connectivity index (χ4v) is 4.13. The molecule has 0 bridgehead atoms. The lowest BCUT2D eigenvalue weighted by atomic mass is 10.1. The number of ether oxygens (including phenoxy) is 1. The van der Waals surface area contributed by atoms with Crippen LogP contribution in [0, 0.1) is 21.8 Å². The highest BCUT2D eigenvalue weighted by Gasteiger charge is 2.16. The molecule has 0 aliphatic heterocycles. The quantitative estimate of drug-likeness (QED) is 0.264. The first-order valence-corrected chi connectivity index (χ1v) is 10.0. The van der Waals surface area contributed by atoms with Crippen LogP contribution in [0.25, 0.3) is 15.8 Å². The molecule has 0 N–H and O–H groups in total. The molecule has 1 atom stereocenters. The van der Waals surface area contributed by atoms with Crippen LogP contribution in [0.3, 0.4) is 0 Å². The van der Waals surface area contributed by atoms with Crippen LogP contribution in [0.2, 0.25) is 0 Å². The molecule has 1 aliphatic carbocycles. The van der Waals surface area contributed by atoms with Crippen LogP contribution in [-0.2, 0) is 0 Å². The summed E-state index contributed by atoms with van der Waals surface area (Å²) in [7, 11) is 0. The lowest BCUT2D eigenvalue weighted by Crippen LogP contribution is -1.92. The summed E-state index contributed by atoms with van der Waals surface area (Å²) in [6.07, 6.45) is 11.7. The Hall–Kier alpha value is -3.03. The van der Waals surface area contributed by atoms with Gasteiger partial charge in [0.25, 0.3) is 5.69 Å². The van der Waals surface area contributed by atoms with E-state index in [4.69, 9.17) is 16.3 Å². The summed E-state index contributed by atoms with van der Waals surface area (Å²) in [5, 5.41) is 10.8. The summed E-state index contributed by atoms with van der Waals surface area (Å²) in [5.41, 5.74) is 1.41. The number of halogens is 2. The van der Waals surface area contributed by atoms with Crippen LogP contribution < -0.4 is 4.74 Å². The van der Waals surface area contributed by atoms with Crippen molar-refractivity contribution in [1.82, 2.24) is 4.98 Å². The van der Waals surface area contributed by atoms with Gasteiger partial charge in [-0.05, 0) is 17.7 Å². The second-order valence-corrected chi connectivity index (χ2v) is 7.65. The Bertz CT molecular complexity index is 1190. The Morgan fingerprint density at radius 2 is 2.10 bits per heavy atom. The zero-order valence-corrected chi connectivity index (χ0v) is 16.5. The number of non-ortho nitro benzene ring substituents is 1. The van der Waals surface area contributed by atoms with Gasteiger partial charge < -0.3 is 4.74 Å². The molecule has 0 spiro atoms. The van der Waals surface area contributed by atoms with Gasteiger partial charge >= 0.3 is 0 Å². The fourth-order valence-electron chi connectivity index (χ4n) is 2.86. The molecule has 2 heterocycles. The smallest absolute Gasteiger partial charge is 0.272 e. The highest BCUT2D eigenvalue weighted by Crippen LogP contribution is 2.39. The molecule has 0 saturated carbocycles. The third-order valence-electron chi connectivity index (χ3n) is 4.34. The summed E-state index contributed by atoms with van der Waals surface area (Å²) < 4.78 is 20.7. The molecule has 1 aromatic carbocycles. The summed E-state index contributed by atoms with van der Waals surface area (Å²) in [6, 6.07) is 6.89. The number of rotatable bonds is 5. The summed E-state index contributed by atoms with van der Waals surface area (Å²) in [5.74, 6) is 0.251. The number of fused-ring (bicyclic) bond motifs is 1. The molecule has 0 amide bonds. The molecule has 29 heavy (non-hydrogen) atoms. The first-order valence-electron chi connectivity index (χ1n) is 8.68. The zero-order valence-electron chi connectivity index (χ0n) is 14.9. The van der Waals surface area contributed by atoms with E-state index in [2.05, 4.69) is 4.98 Å². The van der Waals surface area contributed by atoms with E-state index in [1.165, 1.54) is 23.5 Å². The van der Waals surface area contributed by atoms with E-state index in [1.54, 1.807) is 12.3 Å². The van der Waals surface area contributed by atoms with Crippen molar-refractivity contribution in [1.29, 1.82) is 0 Å². The van der Waals surface area contributed by atoms with Crippen LogP contribution in [0.15, 0.2) is 66.9 Å². The van der Waals surface area contributed by atoms with Crippen LogP contribution in [-0.4, -0.2) is 15.8 Å². The highest BCUT2D eigenvalue weighted by molar-refractivity contribution is 7.20. The Labute approximate surface area is 174 Å². The lowest BCUT2D eigenvalue weighted by Gasteiger charge is -2.07. The van der Waals surface area contributed by atoms with Crippen molar-refractivity contribution in [3.63, 3.8) is 0 Å². The third kappa shape index (κ3) is 4.06. The second-order valence-electron chi connectivity index (χ2n) is 6.29. The lowest BCUT2D eigenvalue weighted by molar-refractivity contribution is -0.385. The maximum absolute atomic E-state index is 14.2. The van der Waals surface area contributed by atoms with Gasteiger partial charge in [0.05, 0.1) is 21.2 Å². The molecule has 4 rings (SSSR count). The monoisotopic (exact) mass is 428 g/mol. The van der Waals surface area contributed by atoms with Gasteiger partial charge in [0.2, 0.25) is 0 Å². The number of benzene rings is 1. The standard InChI is InChI=1S/C21H14ClFN2O3S/c22-12-13-2-1-3-14(5-4-13)20-11-17-21(29-20)19(8-9-24-17)28-18-7-6-15(25(26)27)10-16(18)23/h1-11,13H,12H2. The van der Waals surface area contributed by atoms with Crippen molar-refractivity contribution in [2.24, 2.45) is 5.92 Å².